The van der Waals surface area contributed by atoms with Gasteiger partial charge in [-0.05, 0) is 43.2 Å². The van der Waals surface area contributed by atoms with Crippen LogP contribution in [0.15, 0.2) is 36.4 Å². The third-order valence-corrected chi connectivity index (χ3v) is 3.31. The molecule has 0 radical (unpaired) electrons. The maximum absolute atomic E-state index is 12.4. The molecule has 120 valence electrons. The lowest BCUT2D eigenvalue weighted by Gasteiger charge is -2.09. The zero-order valence-corrected chi connectivity index (χ0v) is 11.9. The lowest BCUT2D eigenvalue weighted by Crippen LogP contribution is -2.13. The van der Waals surface area contributed by atoms with Crippen LogP contribution < -0.4 is 10.6 Å². The fraction of sp³-hybridized carbons (Fsp3) is 0.267. The van der Waals surface area contributed by atoms with Crippen molar-refractivity contribution in [3.05, 3.63) is 42.1 Å². The first-order chi connectivity index (χ1) is 10.9. The molecule has 0 spiro atoms. The quantitative estimate of drug-likeness (QED) is 0.903. The van der Waals surface area contributed by atoms with Crippen LogP contribution >= 0.6 is 0 Å². The summed E-state index contributed by atoms with van der Waals surface area (Å²) in [4.78, 5) is 11.7. The van der Waals surface area contributed by atoms with E-state index in [2.05, 4.69) is 20.8 Å². The Morgan fingerprint density at radius 1 is 1.09 bits per heavy atom. The van der Waals surface area contributed by atoms with Crippen molar-refractivity contribution in [2.24, 2.45) is 5.92 Å². The highest BCUT2D eigenvalue weighted by Crippen LogP contribution is 2.31. The van der Waals surface area contributed by atoms with Crippen LogP contribution in [0.4, 0.5) is 30.4 Å². The van der Waals surface area contributed by atoms with E-state index in [1.54, 1.807) is 24.3 Å². The molecule has 1 amide bonds. The minimum absolute atomic E-state index is 0.0172. The smallest absolute Gasteiger partial charge is 0.339 e. The van der Waals surface area contributed by atoms with E-state index in [-0.39, 0.29) is 17.6 Å². The molecule has 2 N–H and O–H groups in total. The summed E-state index contributed by atoms with van der Waals surface area (Å²) in [6.45, 7) is 0. The monoisotopic (exact) mass is 322 g/mol. The van der Waals surface area contributed by atoms with Gasteiger partial charge in [0.15, 0.2) is 11.5 Å². The van der Waals surface area contributed by atoms with Crippen LogP contribution in [0, 0.1) is 5.92 Å². The summed E-state index contributed by atoms with van der Waals surface area (Å²) in [5, 5.41) is 12.3. The number of aromatic nitrogens is 2. The Bertz CT molecular complexity index is 711. The average Bonchev–Trinajstić information content (AvgIpc) is 3.32. The predicted molar refractivity (Wildman–Crippen MR) is 78.1 cm³/mol. The van der Waals surface area contributed by atoms with Crippen molar-refractivity contribution in [2.45, 2.75) is 19.0 Å². The highest BCUT2D eigenvalue weighted by molar-refractivity contribution is 5.94. The van der Waals surface area contributed by atoms with Crippen molar-refractivity contribution in [3.8, 4) is 0 Å². The number of halogens is 3. The van der Waals surface area contributed by atoms with Crippen LogP contribution in [0.1, 0.15) is 18.5 Å². The highest BCUT2D eigenvalue weighted by atomic mass is 19.4. The van der Waals surface area contributed by atoms with E-state index < -0.39 is 11.9 Å². The second kappa shape index (κ2) is 5.86. The van der Waals surface area contributed by atoms with E-state index in [4.69, 9.17) is 0 Å². The molecule has 1 fully saturated rings. The number of hydrogen-bond acceptors (Lipinski definition) is 4. The number of nitrogens with zero attached hydrogens (tertiary/aromatic N) is 2. The maximum atomic E-state index is 12.4. The molecule has 1 aromatic carbocycles. The molecule has 0 bridgehead atoms. The summed E-state index contributed by atoms with van der Waals surface area (Å²) in [6, 6.07) is 8.91. The number of rotatable bonds is 4. The standard InChI is InChI=1S/C15H13F3N4O/c16-15(17,18)12-6-7-13(22-21-12)19-10-2-1-3-11(8-10)20-14(23)9-4-5-9/h1-3,6-9H,4-5H2,(H,19,22)(H,20,23). The Kier molecular flexibility index (Phi) is 3.89. The largest absolute Gasteiger partial charge is 0.435 e. The van der Waals surface area contributed by atoms with E-state index >= 15 is 0 Å². The normalized spacial score (nSPS) is 14.4. The Hall–Kier alpha value is -2.64. The Balaban J connectivity index is 1.68. The van der Waals surface area contributed by atoms with Crippen molar-refractivity contribution >= 4 is 23.1 Å². The van der Waals surface area contributed by atoms with Gasteiger partial charge in [-0.1, -0.05) is 6.07 Å². The van der Waals surface area contributed by atoms with Gasteiger partial charge < -0.3 is 10.6 Å². The van der Waals surface area contributed by atoms with Crippen molar-refractivity contribution in [1.82, 2.24) is 10.2 Å². The number of anilines is 3. The third-order valence-electron chi connectivity index (χ3n) is 3.31. The number of carbonyl (C=O) groups excluding carboxylic acids is 1. The molecule has 1 aliphatic rings. The second-order valence-corrected chi connectivity index (χ2v) is 5.27. The van der Waals surface area contributed by atoms with Crippen LogP contribution in [-0.4, -0.2) is 16.1 Å². The lowest BCUT2D eigenvalue weighted by atomic mass is 10.2. The van der Waals surface area contributed by atoms with E-state index in [0.29, 0.717) is 11.4 Å². The number of alkyl halides is 3. The van der Waals surface area contributed by atoms with Crippen LogP contribution in [0.5, 0.6) is 0 Å². The Labute approximate surface area is 129 Å². The lowest BCUT2D eigenvalue weighted by molar-refractivity contribution is -0.141. The molecule has 5 nitrogen and oxygen atoms in total. The fourth-order valence-corrected chi connectivity index (χ4v) is 1.96. The molecule has 0 saturated heterocycles. The van der Waals surface area contributed by atoms with Gasteiger partial charge in [-0.3, -0.25) is 4.79 Å². The first-order valence-electron chi connectivity index (χ1n) is 7.01. The highest BCUT2D eigenvalue weighted by Gasteiger charge is 2.33. The summed E-state index contributed by atoms with van der Waals surface area (Å²) in [6.07, 6.45) is -2.70. The molecule has 1 saturated carbocycles. The van der Waals surface area contributed by atoms with E-state index in [1.807, 2.05) is 0 Å². The van der Waals surface area contributed by atoms with Gasteiger partial charge in [0.2, 0.25) is 5.91 Å². The summed E-state index contributed by atoms with van der Waals surface area (Å²) in [7, 11) is 0. The average molecular weight is 322 g/mol. The fourth-order valence-electron chi connectivity index (χ4n) is 1.96. The van der Waals surface area contributed by atoms with E-state index in [9.17, 15) is 18.0 Å². The van der Waals surface area contributed by atoms with Gasteiger partial charge in [0, 0.05) is 17.3 Å². The summed E-state index contributed by atoms with van der Waals surface area (Å²) in [5.74, 6) is 0.257. The summed E-state index contributed by atoms with van der Waals surface area (Å²) in [5.41, 5.74) is 0.160. The van der Waals surface area contributed by atoms with Crippen molar-refractivity contribution < 1.29 is 18.0 Å². The third kappa shape index (κ3) is 3.97. The van der Waals surface area contributed by atoms with Gasteiger partial charge in [-0.15, -0.1) is 10.2 Å². The molecule has 8 heteroatoms. The molecule has 0 aliphatic heterocycles. The SMILES string of the molecule is O=C(Nc1cccc(Nc2ccc(C(F)(F)F)nn2)c1)C1CC1. The molecule has 1 heterocycles. The number of amides is 1. The van der Waals surface area contributed by atoms with Crippen molar-refractivity contribution in [2.75, 3.05) is 10.6 Å². The minimum Gasteiger partial charge on any atom is -0.339 e. The Morgan fingerprint density at radius 3 is 2.43 bits per heavy atom. The van der Waals surface area contributed by atoms with E-state index in [1.165, 1.54) is 6.07 Å². The summed E-state index contributed by atoms with van der Waals surface area (Å²) < 4.78 is 37.3. The zero-order chi connectivity index (χ0) is 16.4. The molecule has 23 heavy (non-hydrogen) atoms. The number of hydrogen-bond donors (Lipinski definition) is 2. The van der Waals surface area contributed by atoms with Crippen LogP contribution in [-0.2, 0) is 11.0 Å². The first-order valence-corrected chi connectivity index (χ1v) is 7.01. The molecule has 2 aromatic rings. The number of carbonyl (C=O) groups is 1. The van der Waals surface area contributed by atoms with Gasteiger partial charge in [-0.25, -0.2) is 0 Å². The van der Waals surface area contributed by atoms with Gasteiger partial charge >= 0.3 is 6.18 Å². The predicted octanol–water partition coefficient (Wildman–Crippen LogP) is 3.59. The maximum Gasteiger partial charge on any atom is 0.435 e. The molecule has 1 aliphatic carbocycles. The first kappa shape index (κ1) is 15.3. The minimum atomic E-state index is -4.52. The zero-order valence-electron chi connectivity index (χ0n) is 11.9. The van der Waals surface area contributed by atoms with Gasteiger partial charge in [-0.2, -0.15) is 13.2 Å². The number of nitrogens with one attached hydrogen (secondary N) is 2. The van der Waals surface area contributed by atoms with E-state index in [0.717, 1.165) is 18.9 Å². The van der Waals surface area contributed by atoms with Gasteiger partial charge in [0.25, 0.3) is 0 Å². The molecule has 0 unspecified atom stereocenters. The molecular weight excluding hydrogens is 309 g/mol. The molecule has 3 rings (SSSR count). The second-order valence-electron chi connectivity index (χ2n) is 5.27. The molecule has 0 atom stereocenters. The van der Waals surface area contributed by atoms with Crippen molar-refractivity contribution in [1.29, 1.82) is 0 Å². The van der Waals surface area contributed by atoms with Crippen molar-refractivity contribution in [3.63, 3.8) is 0 Å². The number of benzene rings is 1. The van der Waals surface area contributed by atoms with Gasteiger partial charge in [0.1, 0.15) is 0 Å². The topological polar surface area (TPSA) is 66.9 Å². The Morgan fingerprint density at radius 2 is 1.83 bits per heavy atom. The van der Waals surface area contributed by atoms with Crippen LogP contribution in [0.2, 0.25) is 0 Å². The van der Waals surface area contributed by atoms with Gasteiger partial charge in [0.05, 0.1) is 0 Å². The summed E-state index contributed by atoms with van der Waals surface area (Å²) >= 11 is 0. The van der Waals surface area contributed by atoms with Crippen LogP contribution in [0.25, 0.3) is 0 Å². The molecular formula is C15H13F3N4O. The molecule has 1 aromatic heterocycles. The van der Waals surface area contributed by atoms with Crippen LogP contribution in [0.3, 0.4) is 0 Å².